The second-order valence-corrected chi connectivity index (χ2v) is 5.15. The average molecular weight is 250 g/mol. The van der Waals surface area contributed by atoms with Crippen molar-refractivity contribution in [3.8, 4) is 0 Å². The zero-order valence-electron chi connectivity index (χ0n) is 10.5. The Balaban J connectivity index is 2.04. The number of hydrogen-bond donors (Lipinski definition) is 1. The van der Waals surface area contributed by atoms with Gasteiger partial charge in [-0.15, -0.1) is 11.3 Å². The molecule has 0 bridgehead atoms. The number of imidazole rings is 1. The third kappa shape index (κ3) is 3.30. The van der Waals surface area contributed by atoms with Crippen molar-refractivity contribution in [2.24, 2.45) is 0 Å². The topological polar surface area (TPSA) is 42.7 Å². The highest BCUT2D eigenvalue weighted by Gasteiger charge is 2.07. The van der Waals surface area contributed by atoms with Gasteiger partial charge in [-0.1, -0.05) is 0 Å². The Morgan fingerprint density at radius 1 is 1.47 bits per heavy atom. The second-order valence-electron chi connectivity index (χ2n) is 4.43. The molecule has 0 fully saturated rings. The normalized spacial score (nSPS) is 11.1. The van der Waals surface area contributed by atoms with Crippen molar-refractivity contribution in [1.29, 1.82) is 0 Å². The minimum absolute atomic E-state index is 0.398. The summed E-state index contributed by atoms with van der Waals surface area (Å²) in [5.74, 6) is 0.952. The number of aromatic nitrogens is 3. The fraction of sp³-hybridized carbons (Fsp3) is 0.500. The first-order chi connectivity index (χ1) is 8.15. The molecule has 2 aromatic rings. The number of anilines is 1. The van der Waals surface area contributed by atoms with Crippen LogP contribution < -0.4 is 5.32 Å². The van der Waals surface area contributed by atoms with E-state index in [-0.39, 0.29) is 0 Å². The van der Waals surface area contributed by atoms with Crippen molar-refractivity contribution >= 4 is 17.3 Å². The quantitative estimate of drug-likeness (QED) is 0.887. The lowest BCUT2D eigenvalue weighted by atomic mass is 10.3. The van der Waals surface area contributed by atoms with E-state index in [0.29, 0.717) is 6.04 Å². The van der Waals surface area contributed by atoms with Crippen molar-refractivity contribution in [2.75, 3.05) is 5.32 Å². The molecule has 0 radical (unpaired) electrons. The predicted octanol–water partition coefficient (Wildman–Crippen LogP) is 2.71. The summed E-state index contributed by atoms with van der Waals surface area (Å²) in [6.45, 7) is 7.17. The van der Waals surface area contributed by atoms with Crippen molar-refractivity contribution in [3.63, 3.8) is 0 Å². The lowest BCUT2D eigenvalue weighted by molar-refractivity contribution is 0.684. The number of nitrogens with one attached hydrogen (secondary N) is 1. The molecule has 2 aromatic heterocycles. The molecular weight excluding hydrogens is 232 g/mol. The molecule has 0 aromatic carbocycles. The highest BCUT2D eigenvalue weighted by Crippen LogP contribution is 2.11. The molecule has 17 heavy (non-hydrogen) atoms. The lowest BCUT2D eigenvalue weighted by Gasteiger charge is -2.11. The summed E-state index contributed by atoms with van der Waals surface area (Å²) < 4.78 is 2.16. The van der Waals surface area contributed by atoms with Crippen LogP contribution in [0.4, 0.5) is 5.95 Å². The summed E-state index contributed by atoms with van der Waals surface area (Å²) in [5, 5.41) is 5.45. The van der Waals surface area contributed by atoms with Gasteiger partial charge in [0.2, 0.25) is 5.95 Å². The average Bonchev–Trinajstić information content (AvgIpc) is 2.84. The van der Waals surface area contributed by atoms with Crippen molar-refractivity contribution in [1.82, 2.24) is 14.5 Å². The Bertz CT molecular complexity index is 459. The predicted molar refractivity (Wildman–Crippen MR) is 71.5 cm³/mol. The van der Waals surface area contributed by atoms with Crippen LogP contribution in [0.2, 0.25) is 0 Å². The minimum Gasteiger partial charge on any atom is -0.353 e. The molecule has 0 unspecified atom stereocenters. The van der Waals surface area contributed by atoms with Gasteiger partial charge in [0.05, 0.1) is 16.9 Å². The summed E-state index contributed by atoms with van der Waals surface area (Å²) in [6.07, 6.45) is 3.03. The van der Waals surface area contributed by atoms with Crippen LogP contribution in [0.3, 0.4) is 0 Å². The van der Waals surface area contributed by atoms with E-state index in [0.717, 1.165) is 30.3 Å². The van der Waals surface area contributed by atoms with Crippen LogP contribution in [0.25, 0.3) is 0 Å². The van der Waals surface area contributed by atoms with Gasteiger partial charge in [0.15, 0.2) is 0 Å². The molecule has 0 spiro atoms. The van der Waals surface area contributed by atoms with Crippen LogP contribution in [-0.4, -0.2) is 20.6 Å². The monoisotopic (exact) mass is 250 g/mol. The number of nitrogens with zero attached hydrogens (tertiary/aromatic N) is 3. The fourth-order valence-electron chi connectivity index (χ4n) is 1.69. The Morgan fingerprint density at radius 3 is 2.94 bits per heavy atom. The van der Waals surface area contributed by atoms with Crippen molar-refractivity contribution in [2.45, 2.75) is 39.8 Å². The third-order valence-corrected chi connectivity index (χ3v) is 3.04. The van der Waals surface area contributed by atoms with Crippen LogP contribution in [0, 0.1) is 6.92 Å². The van der Waals surface area contributed by atoms with E-state index in [1.165, 1.54) is 0 Å². The van der Waals surface area contributed by atoms with Crippen molar-refractivity contribution in [3.05, 3.63) is 28.5 Å². The van der Waals surface area contributed by atoms with Crippen LogP contribution in [0.5, 0.6) is 0 Å². The SMILES string of the molecule is Cc1cn(CCc2cscn2)c(NC(C)C)n1. The van der Waals surface area contributed by atoms with Gasteiger partial charge in [-0.3, -0.25) is 0 Å². The van der Waals surface area contributed by atoms with Gasteiger partial charge in [0, 0.05) is 30.6 Å². The fourth-order valence-corrected chi connectivity index (χ4v) is 2.28. The first-order valence-corrected chi connectivity index (χ1v) is 6.77. The van der Waals surface area contributed by atoms with Gasteiger partial charge in [0.1, 0.15) is 0 Å². The molecule has 0 saturated heterocycles. The van der Waals surface area contributed by atoms with E-state index in [9.17, 15) is 0 Å². The molecule has 1 N–H and O–H groups in total. The van der Waals surface area contributed by atoms with Gasteiger partial charge in [-0.2, -0.15) is 0 Å². The van der Waals surface area contributed by atoms with Crippen LogP contribution in [-0.2, 0) is 13.0 Å². The van der Waals surface area contributed by atoms with Crippen LogP contribution in [0.15, 0.2) is 17.1 Å². The molecule has 2 heterocycles. The summed E-state index contributed by atoms with van der Waals surface area (Å²) >= 11 is 1.64. The molecule has 0 amide bonds. The van der Waals surface area contributed by atoms with E-state index in [4.69, 9.17) is 0 Å². The van der Waals surface area contributed by atoms with E-state index in [1.807, 2.05) is 12.4 Å². The standard InChI is InChI=1S/C12H18N4S/c1-9(2)14-12-15-10(3)6-16(12)5-4-11-7-17-8-13-11/h6-9H,4-5H2,1-3H3,(H,14,15). The first kappa shape index (κ1) is 12.1. The van der Waals surface area contributed by atoms with Gasteiger partial charge >= 0.3 is 0 Å². The maximum absolute atomic E-state index is 4.48. The van der Waals surface area contributed by atoms with Gasteiger partial charge in [0.25, 0.3) is 0 Å². The summed E-state index contributed by atoms with van der Waals surface area (Å²) in [4.78, 5) is 8.78. The summed E-state index contributed by atoms with van der Waals surface area (Å²) in [7, 11) is 0. The maximum Gasteiger partial charge on any atom is 0.203 e. The first-order valence-electron chi connectivity index (χ1n) is 5.82. The second kappa shape index (κ2) is 5.31. The third-order valence-electron chi connectivity index (χ3n) is 2.41. The van der Waals surface area contributed by atoms with Crippen molar-refractivity contribution < 1.29 is 0 Å². The maximum atomic E-state index is 4.48. The van der Waals surface area contributed by atoms with E-state index in [1.54, 1.807) is 11.3 Å². The zero-order valence-corrected chi connectivity index (χ0v) is 11.3. The van der Waals surface area contributed by atoms with Gasteiger partial charge in [-0.05, 0) is 20.8 Å². The Hall–Kier alpha value is -1.36. The Kier molecular flexibility index (Phi) is 3.78. The molecule has 92 valence electrons. The molecule has 0 aliphatic carbocycles. The molecule has 0 atom stereocenters. The van der Waals surface area contributed by atoms with E-state index < -0.39 is 0 Å². The van der Waals surface area contributed by atoms with E-state index in [2.05, 4.69) is 45.3 Å². The van der Waals surface area contributed by atoms with Gasteiger partial charge < -0.3 is 9.88 Å². The molecular formula is C12H18N4S. The summed E-state index contributed by atoms with van der Waals surface area (Å²) in [5.41, 5.74) is 4.07. The molecule has 4 nitrogen and oxygen atoms in total. The van der Waals surface area contributed by atoms with E-state index >= 15 is 0 Å². The number of rotatable bonds is 5. The number of hydrogen-bond acceptors (Lipinski definition) is 4. The number of thiazole rings is 1. The molecule has 0 saturated carbocycles. The smallest absolute Gasteiger partial charge is 0.203 e. The molecule has 0 aliphatic rings. The van der Waals surface area contributed by atoms with Crippen LogP contribution in [0.1, 0.15) is 25.2 Å². The largest absolute Gasteiger partial charge is 0.353 e. The summed E-state index contributed by atoms with van der Waals surface area (Å²) in [6, 6.07) is 0.398. The Morgan fingerprint density at radius 2 is 2.29 bits per heavy atom. The number of aryl methyl sites for hydroxylation is 3. The molecule has 0 aliphatic heterocycles. The Labute approximate surface area is 106 Å². The molecule has 2 rings (SSSR count). The zero-order chi connectivity index (χ0) is 12.3. The van der Waals surface area contributed by atoms with Gasteiger partial charge in [-0.25, -0.2) is 9.97 Å². The highest BCUT2D eigenvalue weighted by atomic mass is 32.1. The lowest BCUT2D eigenvalue weighted by Crippen LogP contribution is -2.15. The van der Waals surface area contributed by atoms with Crippen LogP contribution >= 0.6 is 11.3 Å². The molecule has 5 heteroatoms. The minimum atomic E-state index is 0.398. The highest BCUT2D eigenvalue weighted by molar-refractivity contribution is 7.07.